The first-order valence-electron chi connectivity index (χ1n) is 6.75. The van der Waals surface area contributed by atoms with Gasteiger partial charge < -0.3 is 5.32 Å². The maximum Gasteiger partial charge on any atom is 0.246 e. The van der Waals surface area contributed by atoms with Crippen LogP contribution in [0.25, 0.3) is 0 Å². The largest absolute Gasteiger partial charge is 0.315 e. The molecule has 1 aromatic carbocycles. The molecule has 0 radical (unpaired) electrons. The third kappa shape index (κ3) is 3.97. The number of sulfonamides is 1. The van der Waals surface area contributed by atoms with E-state index in [0.717, 1.165) is 12.6 Å². The van der Waals surface area contributed by atoms with E-state index < -0.39 is 26.6 Å². The molecule has 0 bridgehead atoms. The van der Waals surface area contributed by atoms with E-state index in [-0.39, 0.29) is 22.9 Å². The molecule has 9 heteroatoms. The van der Waals surface area contributed by atoms with Crippen molar-refractivity contribution in [1.82, 2.24) is 9.62 Å². The number of benzene rings is 1. The first kappa shape index (κ1) is 19.8. The van der Waals surface area contributed by atoms with Gasteiger partial charge in [-0.25, -0.2) is 17.2 Å². The van der Waals surface area contributed by atoms with Crippen molar-refractivity contribution in [2.24, 2.45) is 0 Å². The molecule has 0 aliphatic carbocycles. The van der Waals surface area contributed by atoms with Gasteiger partial charge in [0.05, 0.1) is 4.47 Å². The average Bonchev–Trinajstić information content (AvgIpc) is 2.93. The molecule has 0 saturated carbocycles. The normalized spacial score (nSPS) is 18.5. The summed E-state index contributed by atoms with van der Waals surface area (Å²) in [4.78, 5) is -0.490. The number of hydrogen-bond acceptors (Lipinski definition) is 3. The van der Waals surface area contributed by atoms with E-state index in [2.05, 4.69) is 21.2 Å². The highest BCUT2D eigenvalue weighted by atomic mass is 79.9. The van der Waals surface area contributed by atoms with Crippen LogP contribution in [0.1, 0.15) is 19.8 Å². The third-order valence-corrected chi connectivity index (χ3v) is 6.02. The fourth-order valence-corrected chi connectivity index (χ4v) is 4.75. The van der Waals surface area contributed by atoms with E-state index in [1.54, 1.807) is 0 Å². The number of nitrogens with one attached hydrogen (secondary N) is 1. The van der Waals surface area contributed by atoms with E-state index >= 15 is 0 Å². The summed E-state index contributed by atoms with van der Waals surface area (Å²) in [5.41, 5.74) is 0. The standard InChI is InChI=1S/C13H17BrF2N2O2S.ClH/c1-2-5-18(9-3-4-17-8-9)21(19,20)13-6-10(14)11(15)7-12(13)16;/h6-7,9,17H,2-5,8H2,1H3;1H. The molecule has 1 unspecified atom stereocenters. The van der Waals surface area contributed by atoms with Crippen LogP contribution in [0.4, 0.5) is 8.78 Å². The van der Waals surface area contributed by atoms with Gasteiger partial charge in [0.15, 0.2) is 0 Å². The Balaban J connectivity index is 0.00000242. The quantitative estimate of drug-likeness (QED) is 0.747. The molecule has 1 N–H and O–H groups in total. The zero-order valence-corrected chi connectivity index (χ0v) is 15.2. The maximum atomic E-state index is 13.9. The van der Waals surface area contributed by atoms with Crippen molar-refractivity contribution in [3.8, 4) is 0 Å². The Bertz CT molecular complexity index is 625. The van der Waals surface area contributed by atoms with Gasteiger partial charge in [-0.3, -0.25) is 0 Å². The predicted molar refractivity (Wildman–Crippen MR) is 86.8 cm³/mol. The van der Waals surface area contributed by atoms with Gasteiger partial charge in [0, 0.05) is 25.2 Å². The van der Waals surface area contributed by atoms with Crippen molar-refractivity contribution in [3.63, 3.8) is 0 Å². The van der Waals surface area contributed by atoms with Crippen LogP contribution >= 0.6 is 28.3 Å². The topological polar surface area (TPSA) is 49.4 Å². The number of hydrogen-bond donors (Lipinski definition) is 1. The summed E-state index contributed by atoms with van der Waals surface area (Å²) >= 11 is 2.91. The lowest BCUT2D eigenvalue weighted by molar-refractivity contribution is 0.333. The molecule has 22 heavy (non-hydrogen) atoms. The molecular weight excluding hydrogens is 402 g/mol. The Labute approximate surface area is 143 Å². The van der Waals surface area contributed by atoms with Crippen molar-refractivity contribution in [1.29, 1.82) is 0 Å². The fraction of sp³-hybridized carbons (Fsp3) is 0.538. The van der Waals surface area contributed by atoms with Crippen molar-refractivity contribution in [3.05, 3.63) is 28.2 Å². The van der Waals surface area contributed by atoms with Gasteiger partial charge >= 0.3 is 0 Å². The number of rotatable bonds is 5. The van der Waals surface area contributed by atoms with Gasteiger partial charge in [0.25, 0.3) is 0 Å². The lowest BCUT2D eigenvalue weighted by Gasteiger charge is -2.27. The first-order valence-corrected chi connectivity index (χ1v) is 8.98. The summed E-state index contributed by atoms with van der Waals surface area (Å²) in [6.07, 6.45) is 1.31. The minimum atomic E-state index is -3.99. The molecule has 0 amide bonds. The van der Waals surface area contributed by atoms with Crippen molar-refractivity contribution in [2.45, 2.75) is 30.7 Å². The van der Waals surface area contributed by atoms with Crippen molar-refractivity contribution < 1.29 is 17.2 Å². The minimum absolute atomic E-state index is 0. The molecule has 0 spiro atoms. The third-order valence-electron chi connectivity index (χ3n) is 3.45. The van der Waals surface area contributed by atoms with E-state index in [0.29, 0.717) is 32.0 Å². The summed E-state index contributed by atoms with van der Waals surface area (Å²) < 4.78 is 53.9. The zero-order valence-electron chi connectivity index (χ0n) is 12.0. The smallest absolute Gasteiger partial charge is 0.246 e. The summed E-state index contributed by atoms with van der Waals surface area (Å²) in [5, 5.41) is 3.10. The molecular formula is C13H18BrClF2N2O2S. The Morgan fingerprint density at radius 1 is 1.36 bits per heavy atom. The fourth-order valence-electron chi connectivity index (χ4n) is 2.43. The Hall–Kier alpha value is -0.280. The second-order valence-corrected chi connectivity index (χ2v) is 7.67. The monoisotopic (exact) mass is 418 g/mol. The molecule has 1 aromatic rings. The van der Waals surface area contributed by atoms with Gasteiger partial charge in [-0.15, -0.1) is 12.4 Å². The average molecular weight is 420 g/mol. The highest BCUT2D eigenvalue weighted by molar-refractivity contribution is 9.10. The second-order valence-electron chi connectivity index (χ2n) is 4.96. The summed E-state index contributed by atoms with van der Waals surface area (Å²) in [5.74, 6) is -1.89. The molecule has 1 atom stereocenters. The molecule has 1 aliphatic rings. The molecule has 126 valence electrons. The van der Waals surface area contributed by atoms with Gasteiger partial charge in [-0.2, -0.15) is 4.31 Å². The van der Waals surface area contributed by atoms with Gasteiger partial charge in [-0.05, 0) is 41.4 Å². The molecule has 1 heterocycles. The van der Waals surface area contributed by atoms with E-state index in [4.69, 9.17) is 0 Å². The highest BCUT2D eigenvalue weighted by Gasteiger charge is 2.34. The maximum absolute atomic E-state index is 13.9. The Kier molecular flexibility index (Phi) is 7.20. The van der Waals surface area contributed by atoms with Crippen LogP contribution in [0.5, 0.6) is 0 Å². The molecule has 4 nitrogen and oxygen atoms in total. The lowest BCUT2D eigenvalue weighted by atomic mass is 10.2. The second kappa shape index (κ2) is 8.01. The van der Waals surface area contributed by atoms with E-state index in [1.807, 2.05) is 6.92 Å². The SMILES string of the molecule is CCCN(C1CCNC1)S(=O)(=O)c1cc(Br)c(F)cc1F.Cl. The predicted octanol–water partition coefficient (Wildman–Crippen LogP) is 2.91. The van der Waals surface area contributed by atoms with Crippen LogP contribution in [-0.2, 0) is 10.0 Å². The molecule has 0 aromatic heterocycles. The lowest BCUT2D eigenvalue weighted by Crippen LogP contribution is -2.42. The Morgan fingerprint density at radius 3 is 2.59 bits per heavy atom. The van der Waals surface area contributed by atoms with Gasteiger partial charge in [0.1, 0.15) is 16.5 Å². The van der Waals surface area contributed by atoms with Crippen molar-refractivity contribution >= 4 is 38.4 Å². The summed E-state index contributed by atoms with van der Waals surface area (Å²) in [6, 6.07) is 1.39. The first-order chi connectivity index (χ1) is 9.87. The molecule has 1 saturated heterocycles. The van der Waals surface area contributed by atoms with Crippen LogP contribution in [0, 0.1) is 11.6 Å². The van der Waals surface area contributed by atoms with Crippen molar-refractivity contribution in [2.75, 3.05) is 19.6 Å². The molecule has 1 fully saturated rings. The number of halogens is 4. The van der Waals surface area contributed by atoms with Crippen LogP contribution in [0.2, 0.25) is 0 Å². The van der Waals surface area contributed by atoms with Crippen LogP contribution in [0.15, 0.2) is 21.5 Å². The Morgan fingerprint density at radius 2 is 2.05 bits per heavy atom. The van der Waals surface area contributed by atoms with E-state index in [9.17, 15) is 17.2 Å². The highest BCUT2D eigenvalue weighted by Crippen LogP contribution is 2.28. The van der Waals surface area contributed by atoms with Crippen LogP contribution < -0.4 is 5.32 Å². The van der Waals surface area contributed by atoms with E-state index in [1.165, 1.54) is 4.31 Å². The molecule has 2 rings (SSSR count). The van der Waals surface area contributed by atoms with Crippen LogP contribution in [-0.4, -0.2) is 38.4 Å². The molecule has 1 aliphatic heterocycles. The summed E-state index contributed by atoms with van der Waals surface area (Å²) in [6.45, 7) is 3.45. The minimum Gasteiger partial charge on any atom is -0.315 e. The zero-order chi connectivity index (χ0) is 15.6. The summed E-state index contributed by atoms with van der Waals surface area (Å²) in [7, 11) is -3.99. The number of nitrogens with zero attached hydrogens (tertiary/aromatic N) is 1. The van der Waals surface area contributed by atoms with Gasteiger partial charge in [0.2, 0.25) is 10.0 Å². The van der Waals surface area contributed by atoms with Gasteiger partial charge in [-0.1, -0.05) is 6.92 Å². The van der Waals surface area contributed by atoms with Crippen LogP contribution in [0.3, 0.4) is 0 Å².